The first kappa shape index (κ1) is 15.8. The van der Waals surface area contributed by atoms with Gasteiger partial charge in [-0.15, -0.1) is 0 Å². The standard InChI is InChI=1S/C19H12N2O5/c1-21-18(24)11-6-4-7-13(15(11)19(21)25)20-17(23)12-9-26-14-8-3-2-5-10(14)16(12)22/h2-9H,1H3,(H,20,23). The van der Waals surface area contributed by atoms with Gasteiger partial charge >= 0.3 is 0 Å². The van der Waals surface area contributed by atoms with Crippen LogP contribution in [0.2, 0.25) is 0 Å². The van der Waals surface area contributed by atoms with Crippen LogP contribution in [0.5, 0.6) is 0 Å². The molecule has 3 aromatic rings. The molecule has 2 aromatic carbocycles. The van der Waals surface area contributed by atoms with Crippen molar-refractivity contribution in [2.45, 2.75) is 0 Å². The van der Waals surface area contributed by atoms with Crippen molar-refractivity contribution < 1.29 is 18.8 Å². The zero-order valence-electron chi connectivity index (χ0n) is 13.6. The molecular formula is C19H12N2O5. The van der Waals surface area contributed by atoms with Gasteiger partial charge in [-0.1, -0.05) is 18.2 Å². The summed E-state index contributed by atoms with van der Waals surface area (Å²) < 4.78 is 5.34. The summed E-state index contributed by atoms with van der Waals surface area (Å²) in [6.07, 6.45) is 1.09. The molecule has 4 rings (SSSR count). The van der Waals surface area contributed by atoms with Crippen molar-refractivity contribution in [3.8, 4) is 0 Å². The van der Waals surface area contributed by atoms with Gasteiger partial charge in [0.25, 0.3) is 17.7 Å². The number of nitrogens with one attached hydrogen (secondary N) is 1. The highest BCUT2D eigenvalue weighted by Gasteiger charge is 2.35. The van der Waals surface area contributed by atoms with Crippen molar-refractivity contribution in [1.29, 1.82) is 0 Å². The number of carbonyl (C=O) groups excluding carboxylic acids is 3. The van der Waals surface area contributed by atoms with Gasteiger partial charge in [-0.2, -0.15) is 0 Å². The molecule has 2 heterocycles. The summed E-state index contributed by atoms with van der Waals surface area (Å²) in [6.45, 7) is 0. The number of amides is 3. The first-order chi connectivity index (χ1) is 12.5. The third-order valence-electron chi connectivity index (χ3n) is 4.29. The van der Waals surface area contributed by atoms with E-state index < -0.39 is 23.2 Å². The molecule has 3 amide bonds. The van der Waals surface area contributed by atoms with Gasteiger partial charge in [0.2, 0.25) is 5.43 Å². The number of nitrogens with zero attached hydrogens (tertiary/aromatic N) is 1. The molecule has 0 saturated heterocycles. The fourth-order valence-electron chi connectivity index (χ4n) is 2.93. The predicted octanol–water partition coefficient (Wildman–Crippen LogP) is 2.27. The number of hydrogen-bond acceptors (Lipinski definition) is 5. The summed E-state index contributed by atoms with van der Waals surface area (Å²) in [5.41, 5.74) is 0.196. The molecular weight excluding hydrogens is 336 g/mol. The van der Waals surface area contributed by atoms with Gasteiger partial charge in [-0.05, 0) is 24.3 Å². The second-order valence-corrected chi connectivity index (χ2v) is 5.83. The molecule has 0 unspecified atom stereocenters. The summed E-state index contributed by atoms with van der Waals surface area (Å²) in [7, 11) is 1.37. The molecule has 0 fully saturated rings. The number of benzene rings is 2. The number of carbonyl (C=O) groups is 3. The Kier molecular flexibility index (Phi) is 3.43. The molecule has 7 nitrogen and oxygen atoms in total. The molecule has 0 atom stereocenters. The largest absolute Gasteiger partial charge is 0.463 e. The van der Waals surface area contributed by atoms with Crippen LogP contribution in [0.15, 0.2) is 57.9 Å². The minimum Gasteiger partial charge on any atom is -0.463 e. The van der Waals surface area contributed by atoms with Crippen molar-refractivity contribution >= 4 is 34.4 Å². The molecule has 128 valence electrons. The number of fused-ring (bicyclic) bond motifs is 2. The van der Waals surface area contributed by atoms with Gasteiger partial charge in [0.1, 0.15) is 17.4 Å². The molecule has 26 heavy (non-hydrogen) atoms. The van der Waals surface area contributed by atoms with Gasteiger partial charge in [0, 0.05) is 7.05 Å². The lowest BCUT2D eigenvalue weighted by Gasteiger charge is -2.09. The smallest absolute Gasteiger partial charge is 0.263 e. The molecule has 1 N–H and O–H groups in total. The van der Waals surface area contributed by atoms with Crippen LogP contribution < -0.4 is 10.7 Å². The van der Waals surface area contributed by atoms with E-state index in [1.165, 1.54) is 19.2 Å². The Morgan fingerprint density at radius 1 is 1.00 bits per heavy atom. The zero-order chi connectivity index (χ0) is 18.4. The molecule has 1 aliphatic rings. The van der Waals surface area contributed by atoms with Gasteiger partial charge in [-0.25, -0.2) is 0 Å². The van der Waals surface area contributed by atoms with Gasteiger partial charge < -0.3 is 9.73 Å². The first-order valence-electron chi connectivity index (χ1n) is 7.76. The Labute approximate surface area is 146 Å². The average molecular weight is 348 g/mol. The van der Waals surface area contributed by atoms with Crippen molar-refractivity contribution in [3.05, 3.63) is 75.6 Å². The Bertz CT molecular complexity index is 1160. The fraction of sp³-hybridized carbons (Fsp3) is 0.0526. The maximum absolute atomic E-state index is 12.6. The molecule has 0 spiro atoms. The highest BCUT2D eigenvalue weighted by molar-refractivity contribution is 6.24. The van der Waals surface area contributed by atoms with E-state index in [0.717, 1.165) is 11.2 Å². The maximum Gasteiger partial charge on any atom is 0.263 e. The van der Waals surface area contributed by atoms with Crippen LogP contribution in [0.4, 0.5) is 5.69 Å². The highest BCUT2D eigenvalue weighted by Crippen LogP contribution is 2.28. The third kappa shape index (κ3) is 2.21. The van der Waals surface area contributed by atoms with Crippen molar-refractivity contribution in [3.63, 3.8) is 0 Å². The summed E-state index contributed by atoms with van der Waals surface area (Å²) in [5, 5.41) is 2.82. The van der Waals surface area contributed by atoms with Crippen LogP contribution in [-0.4, -0.2) is 29.7 Å². The molecule has 0 bridgehead atoms. The van der Waals surface area contributed by atoms with Gasteiger partial charge in [0.15, 0.2) is 0 Å². The molecule has 0 saturated carbocycles. The minimum atomic E-state index is -0.715. The van der Waals surface area contributed by atoms with Crippen molar-refractivity contribution in [1.82, 2.24) is 4.90 Å². The van der Waals surface area contributed by atoms with E-state index in [0.29, 0.717) is 5.58 Å². The normalized spacial score (nSPS) is 13.2. The second-order valence-electron chi connectivity index (χ2n) is 5.83. The van der Waals surface area contributed by atoms with Gasteiger partial charge in [-0.3, -0.25) is 24.1 Å². The second kappa shape index (κ2) is 5.66. The number of rotatable bonds is 2. The number of para-hydroxylation sites is 1. The van der Waals surface area contributed by atoms with Crippen LogP contribution in [-0.2, 0) is 0 Å². The number of imide groups is 1. The monoisotopic (exact) mass is 348 g/mol. The molecule has 1 aliphatic heterocycles. The number of hydrogen-bond donors (Lipinski definition) is 1. The van der Waals surface area contributed by atoms with E-state index >= 15 is 0 Å². The van der Waals surface area contributed by atoms with Crippen molar-refractivity contribution in [2.24, 2.45) is 0 Å². The van der Waals surface area contributed by atoms with Crippen LogP contribution in [0.1, 0.15) is 31.1 Å². The van der Waals surface area contributed by atoms with Crippen LogP contribution in [0.3, 0.4) is 0 Å². The fourth-order valence-corrected chi connectivity index (χ4v) is 2.93. The van der Waals surface area contributed by atoms with E-state index in [4.69, 9.17) is 4.42 Å². The quantitative estimate of drug-likeness (QED) is 0.717. The Hall–Kier alpha value is -3.74. The third-order valence-corrected chi connectivity index (χ3v) is 4.29. The Morgan fingerprint density at radius 3 is 2.58 bits per heavy atom. The van der Waals surface area contributed by atoms with E-state index in [2.05, 4.69) is 5.32 Å². The van der Waals surface area contributed by atoms with E-state index in [1.54, 1.807) is 30.3 Å². The lowest BCUT2D eigenvalue weighted by atomic mass is 10.1. The van der Waals surface area contributed by atoms with E-state index in [9.17, 15) is 19.2 Å². The topological polar surface area (TPSA) is 96.7 Å². The van der Waals surface area contributed by atoms with E-state index in [-0.39, 0.29) is 27.8 Å². The molecule has 7 heteroatoms. The SMILES string of the molecule is CN1C(=O)c2cccc(NC(=O)c3coc4ccccc4c3=O)c2C1=O. The van der Waals surface area contributed by atoms with Crippen LogP contribution in [0, 0.1) is 0 Å². The minimum absolute atomic E-state index is 0.110. The Balaban J connectivity index is 1.76. The van der Waals surface area contributed by atoms with Crippen molar-refractivity contribution in [2.75, 3.05) is 12.4 Å². The summed E-state index contributed by atoms with van der Waals surface area (Å²) in [6, 6.07) is 11.2. The Morgan fingerprint density at radius 2 is 1.77 bits per heavy atom. The van der Waals surface area contributed by atoms with Gasteiger partial charge in [0.05, 0.1) is 22.2 Å². The molecule has 1 aromatic heterocycles. The molecule has 0 radical (unpaired) electrons. The lowest BCUT2D eigenvalue weighted by molar-refractivity contribution is 0.0693. The maximum atomic E-state index is 12.6. The first-order valence-corrected chi connectivity index (χ1v) is 7.76. The molecule has 0 aliphatic carbocycles. The lowest BCUT2D eigenvalue weighted by Crippen LogP contribution is -2.25. The van der Waals surface area contributed by atoms with Crippen LogP contribution in [0.25, 0.3) is 11.0 Å². The highest BCUT2D eigenvalue weighted by atomic mass is 16.3. The predicted molar refractivity (Wildman–Crippen MR) is 93.3 cm³/mol. The zero-order valence-corrected chi connectivity index (χ0v) is 13.6. The average Bonchev–Trinajstić information content (AvgIpc) is 2.87. The summed E-state index contributed by atoms with van der Waals surface area (Å²) in [5.74, 6) is -1.66. The summed E-state index contributed by atoms with van der Waals surface area (Å²) in [4.78, 5) is 50.4. The van der Waals surface area contributed by atoms with Crippen LogP contribution >= 0.6 is 0 Å². The number of anilines is 1. The summed E-state index contributed by atoms with van der Waals surface area (Å²) >= 11 is 0. The van der Waals surface area contributed by atoms with E-state index in [1.807, 2.05) is 0 Å².